The number of aliphatic hydroxyl groups is 1. The lowest BCUT2D eigenvalue weighted by atomic mass is 10.1. The first-order chi connectivity index (χ1) is 10.6. The van der Waals surface area contributed by atoms with Crippen molar-refractivity contribution in [3.8, 4) is 0 Å². The number of anilines is 1. The summed E-state index contributed by atoms with van der Waals surface area (Å²) in [5, 5.41) is 12.3. The highest BCUT2D eigenvalue weighted by molar-refractivity contribution is 6.29. The topological polar surface area (TPSA) is 65.5 Å². The van der Waals surface area contributed by atoms with Crippen LogP contribution in [-0.2, 0) is 6.54 Å². The van der Waals surface area contributed by atoms with E-state index in [1.807, 2.05) is 30.3 Å². The van der Waals surface area contributed by atoms with Crippen LogP contribution in [0.2, 0.25) is 5.15 Å². The summed E-state index contributed by atoms with van der Waals surface area (Å²) >= 11 is 5.94. The molecule has 0 saturated heterocycles. The monoisotopic (exact) mass is 319 g/mol. The minimum absolute atomic E-state index is 0.101. The summed E-state index contributed by atoms with van der Waals surface area (Å²) in [7, 11) is 1.71. The smallest absolute Gasteiger partial charge is 0.254 e. The maximum Gasteiger partial charge on any atom is 0.254 e. The number of halogens is 1. The van der Waals surface area contributed by atoms with E-state index >= 15 is 0 Å². The van der Waals surface area contributed by atoms with Crippen molar-refractivity contribution >= 4 is 23.3 Å². The zero-order valence-corrected chi connectivity index (χ0v) is 13.0. The summed E-state index contributed by atoms with van der Waals surface area (Å²) < 4.78 is 0. The molecule has 1 aromatic carbocycles. The Morgan fingerprint density at radius 1 is 1.32 bits per heavy atom. The van der Waals surface area contributed by atoms with Crippen LogP contribution in [0, 0.1) is 0 Å². The number of aliphatic hydroxyl groups excluding tert-OH is 1. The first kappa shape index (κ1) is 16.3. The second-order valence-electron chi connectivity index (χ2n) is 4.75. The zero-order chi connectivity index (χ0) is 15.9. The van der Waals surface area contributed by atoms with Crippen molar-refractivity contribution in [2.45, 2.75) is 6.54 Å². The molecule has 1 heterocycles. The molecule has 0 aliphatic rings. The Morgan fingerprint density at radius 2 is 2.05 bits per heavy atom. The fourth-order valence-corrected chi connectivity index (χ4v) is 2.32. The van der Waals surface area contributed by atoms with E-state index in [1.54, 1.807) is 18.0 Å². The van der Waals surface area contributed by atoms with Gasteiger partial charge in [0.05, 0.1) is 6.61 Å². The highest BCUT2D eigenvalue weighted by Gasteiger charge is 2.17. The fraction of sp³-hybridized carbons (Fsp3) is 0.250. The SMILES string of the molecule is CNc1cc(C(=O)N(CCO)Cc2ccccc2)cc(Cl)n1. The Labute approximate surface area is 134 Å². The predicted molar refractivity (Wildman–Crippen MR) is 87.1 cm³/mol. The number of carbonyl (C=O) groups is 1. The third-order valence-corrected chi connectivity index (χ3v) is 3.36. The summed E-state index contributed by atoms with van der Waals surface area (Å²) in [5.41, 5.74) is 1.44. The summed E-state index contributed by atoms with van der Waals surface area (Å²) in [6.07, 6.45) is 0. The Hall–Kier alpha value is -2.11. The first-order valence-electron chi connectivity index (χ1n) is 6.93. The lowest BCUT2D eigenvalue weighted by Gasteiger charge is -2.22. The van der Waals surface area contributed by atoms with Crippen molar-refractivity contribution in [3.63, 3.8) is 0 Å². The summed E-state index contributed by atoms with van der Waals surface area (Å²) in [6.45, 7) is 0.577. The molecular weight excluding hydrogens is 302 g/mol. The number of pyridine rings is 1. The number of rotatable bonds is 6. The average Bonchev–Trinajstić information content (AvgIpc) is 2.54. The molecule has 1 amide bonds. The highest BCUT2D eigenvalue weighted by Crippen LogP contribution is 2.17. The number of aromatic nitrogens is 1. The Bertz CT molecular complexity index is 635. The number of benzene rings is 1. The molecule has 2 aromatic rings. The van der Waals surface area contributed by atoms with Gasteiger partial charge in [-0.3, -0.25) is 4.79 Å². The second-order valence-corrected chi connectivity index (χ2v) is 5.14. The van der Waals surface area contributed by atoms with Crippen molar-refractivity contribution < 1.29 is 9.90 Å². The van der Waals surface area contributed by atoms with Crippen molar-refractivity contribution in [1.82, 2.24) is 9.88 Å². The van der Waals surface area contributed by atoms with Crippen LogP contribution < -0.4 is 5.32 Å². The van der Waals surface area contributed by atoms with Crippen LogP contribution in [0.15, 0.2) is 42.5 Å². The van der Waals surface area contributed by atoms with E-state index in [2.05, 4.69) is 10.3 Å². The fourth-order valence-electron chi connectivity index (χ4n) is 2.11. The molecule has 0 bridgehead atoms. The lowest BCUT2D eigenvalue weighted by molar-refractivity contribution is 0.0708. The number of nitrogens with one attached hydrogen (secondary N) is 1. The molecule has 22 heavy (non-hydrogen) atoms. The molecule has 0 unspecified atom stereocenters. The van der Waals surface area contributed by atoms with Gasteiger partial charge in [-0.2, -0.15) is 0 Å². The van der Waals surface area contributed by atoms with Gasteiger partial charge in [0.15, 0.2) is 0 Å². The van der Waals surface area contributed by atoms with Crippen LogP contribution in [0.5, 0.6) is 0 Å². The number of amides is 1. The summed E-state index contributed by atoms with van der Waals surface area (Å²) in [6, 6.07) is 12.8. The standard InChI is InChI=1S/C16H18ClN3O2/c1-18-15-10-13(9-14(17)19-15)16(22)20(7-8-21)11-12-5-3-2-4-6-12/h2-6,9-10,21H,7-8,11H2,1H3,(H,18,19). The van der Waals surface area contributed by atoms with E-state index in [0.717, 1.165) is 5.56 Å². The highest BCUT2D eigenvalue weighted by atomic mass is 35.5. The number of hydrogen-bond donors (Lipinski definition) is 2. The minimum Gasteiger partial charge on any atom is -0.395 e. The lowest BCUT2D eigenvalue weighted by Crippen LogP contribution is -2.33. The molecule has 6 heteroatoms. The van der Waals surface area contributed by atoms with Gasteiger partial charge in [0.1, 0.15) is 11.0 Å². The van der Waals surface area contributed by atoms with Gasteiger partial charge in [-0.25, -0.2) is 4.98 Å². The van der Waals surface area contributed by atoms with Gasteiger partial charge >= 0.3 is 0 Å². The van der Waals surface area contributed by atoms with E-state index in [4.69, 9.17) is 11.6 Å². The third-order valence-electron chi connectivity index (χ3n) is 3.17. The molecule has 116 valence electrons. The first-order valence-corrected chi connectivity index (χ1v) is 7.31. The molecule has 2 rings (SSSR count). The number of carbonyl (C=O) groups excluding carboxylic acids is 1. The molecule has 0 spiro atoms. The predicted octanol–water partition coefficient (Wildman–Crippen LogP) is 2.41. The molecule has 0 aliphatic carbocycles. The van der Waals surface area contributed by atoms with E-state index in [1.165, 1.54) is 6.07 Å². The van der Waals surface area contributed by atoms with E-state index in [0.29, 0.717) is 17.9 Å². The Balaban J connectivity index is 2.24. The maximum atomic E-state index is 12.7. The van der Waals surface area contributed by atoms with Crippen LogP contribution in [0.25, 0.3) is 0 Å². The van der Waals surface area contributed by atoms with Gasteiger partial charge in [0, 0.05) is 25.7 Å². The second kappa shape index (κ2) is 7.77. The normalized spacial score (nSPS) is 10.3. The van der Waals surface area contributed by atoms with Crippen molar-refractivity contribution in [2.24, 2.45) is 0 Å². The van der Waals surface area contributed by atoms with Crippen LogP contribution in [0.4, 0.5) is 5.82 Å². The maximum absolute atomic E-state index is 12.7. The van der Waals surface area contributed by atoms with Gasteiger partial charge in [-0.1, -0.05) is 41.9 Å². The van der Waals surface area contributed by atoms with Crippen molar-refractivity contribution in [3.05, 3.63) is 58.7 Å². The summed E-state index contributed by atoms with van der Waals surface area (Å²) in [5.74, 6) is 0.332. The van der Waals surface area contributed by atoms with Gasteiger partial charge in [0.25, 0.3) is 5.91 Å². The molecule has 0 radical (unpaired) electrons. The van der Waals surface area contributed by atoms with Gasteiger partial charge in [-0.15, -0.1) is 0 Å². The number of nitrogens with zero attached hydrogens (tertiary/aromatic N) is 2. The van der Waals surface area contributed by atoms with Crippen LogP contribution in [-0.4, -0.2) is 41.1 Å². The van der Waals surface area contributed by atoms with Gasteiger partial charge in [-0.05, 0) is 17.7 Å². The third kappa shape index (κ3) is 4.19. The van der Waals surface area contributed by atoms with E-state index in [9.17, 15) is 9.90 Å². The largest absolute Gasteiger partial charge is 0.395 e. The molecule has 5 nitrogen and oxygen atoms in total. The van der Waals surface area contributed by atoms with Crippen LogP contribution in [0.3, 0.4) is 0 Å². The molecule has 0 atom stereocenters. The van der Waals surface area contributed by atoms with Crippen molar-refractivity contribution in [2.75, 3.05) is 25.5 Å². The molecule has 0 fully saturated rings. The quantitative estimate of drug-likeness (QED) is 0.803. The Morgan fingerprint density at radius 3 is 2.68 bits per heavy atom. The molecule has 0 saturated carbocycles. The van der Waals surface area contributed by atoms with Crippen LogP contribution in [0.1, 0.15) is 15.9 Å². The van der Waals surface area contributed by atoms with Crippen molar-refractivity contribution in [1.29, 1.82) is 0 Å². The summed E-state index contributed by atoms with van der Waals surface area (Å²) in [4.78, 5) is 18.3. The van der Waals surface area contributed by atoms with Gasteiger partial charge in [0.2, 0.25) is 0 Å². The zero-order valence-electron chi connectivity index (χ0n) is 12.3. The Kier molecular flexibility index (Phi) is 5.75. The van der Waals surface area contributed by atoms with E-state index < -0.39 is 0 Å². The minimum atomic E-state index is -0.196. The molecule has 0 aliphatic heterocycles. The molecular formula is C16H18ClN3O2. The number of hydrogen-bond acceptors (Lipinski definition) is 4. The average molecular weight is 320 g/mol. The molecule has 1 aromatic heterocycles. The van der Waals surface area contributed by atoms with Crippen LogP contribution >= 0.6 is 11.6 Å². The molecule has 2 N–H and O–H groups in total. The van der Waals surface area contributed by atoms with E-state index in [-0.39, 0.29) is 24.2 Å². The van der Waals surface area contributed by atoms with Gasteiger partial charge < -0.3 is 15.3 Å².